The summed E-state index contributed by atoms with van der Waals surface area (Å²) < 4.78 is 6.04. The van der Waals surface area contributed by atoms with Gasteiger partial charge in [-0.3, -0.25) is 15.1 Å². The minimum absolute atomic E-state index is 0.0193. The first-order valence-electron chi connectivity index (χ1n) is 7.10. The van der Waals surface area contributed by atoms with Crippen LogP contribution in [0.3, 0.4) is 0 Å². The van der Waals surface area contributed by atoms with Crippen LogP contribution in [0.25, 0.3) is 10.8 Å². The van der Waals surface area contributed by atoms with E-state index in [9.17, 15) is 10.1 Å². The lowest BCUT2D eigenvalue weighted by Crippen LogP contribution is -2.41. The minimum atomic E-state index is -0.403. The number of nitro groups is 1. The van der Waals surface area contributed by atoms with Crippen molar-refractivity contribution in [2.24, 2.45) is 5.73 Å². The SMILES string of the molecule is NC1CCCCC1Oc1ccc([N+](=O)[O-])c2cnccc12. The Morgan fingerprint density at radius 2 is 2.05 bits per heavy atom. The van der Waals surface area contributed by atoms with E-state index in [1.54, 1.807) is 18.3 Å². The summed E-state index contributed by atoms with van der Waals surface area (Å²) in [5, 5.41) is 12.3. The molecule has 1 saturated carbocycles. The molecule has 6 nitrogen and oxygen atoms in total. The first kappa shape index (κ1) is 13.8. The molecule has 1 aromatic heterocycles. The normalized spacial score (nSPS) is 22.1. The zero-order chi connectivity index (χ0) is 14.8. The highest BCUT2D eigenvalue weighted by molar-refractivity contribution is 5.94. The van der Waals surface area contributed by atoms with Crippen LogP contribution in [0.4, 0.5) is 5.69 Å². The summed E-state index contributed by atoms with van der Waals surface area (Å²) in [5.74, 6) is 0.639. The fourth-order valence-corrected chi connectivity index (χ4v) is 2.84. The van der Waals surface area contributed by atoms with Crippen LogP contribution < -0.4 is 10.5 Å². The third kappa shape index (κ3) is 2.67. The summed E-state index contributed by atoms with van der Waals surface area (Å²) in [6.07, 6.45) is 7.19. The summed E-state index contributed by atoms with van der Waals surface area (Å²) in [5.41, 5.74) is 6.14. The molecular weight excluding hydrogens is 270 g/mol. The second-order valence-corrected chi connectivity index (χ2v) is 5.37. The molecule has 2 unspecified atom stereocenters. The molecule has 0 aliphatic heterocycles. The van der Waals surface area contributed by atoms with E-state index in [-0.39, 0.29) is 17.8 Å². The maximum atomic E-state index is 11.1. The summed E-state index contributed by atoms with van der Waals surface area (Å²) in [6, 6.07) is 4.88. The topological polar surface area (TPSA) is 91.3 Å². The first-order valence-corrected chi connectivity index (χ1v) is 7.10. The number of fused-ring (bicyclic) bond motifs is 1. The van der Waals surface area contributed by atoms with Crippen molar-refractivity contribution in [2.75, 3.05) is 0 Å². The summed E-state index contributed by atoms with van der Waals surface area (Å²) in [4.78, 5) is 14.7. The minimum Gasteiger partial charge on any atom is -0.488 e. The van der Waals surface area contributed by atoms with Gasteiger partial charge in [-0.15, -0.1) is 0 Å². The predicted molar refractivity (Wildman–Crippen MR) is 79.3 cm³/mol. The molecule has 1 aliphatic rings. The average Bonchev–Trinajstić information content (AvgIpc) is 2.49. The molecule has 3 rings (SSSR count). The van der Waals surface area contributed by atoms with Crippen molar-refractivity contribution in [1.29, 1.82) is 0 Å². The molecule has 21 heavy (non-hydrogen) atoms. The molecule has 0 bridgehead atoms. The van der Waals surface area contributed by atoms with Crippen molar-refractivity contribution in [2.45, 2.75) is 37.8 Å². The fraction of sp³-hybridized carbons (Fsp3) is 0.400. The van der Waals surface area contributed by atoms with Crippen molar-refractivity contribution < 1.29 is 9.66 Å². The highest BCUT2D eigenvalue weighted by Gasteiger charge is 2.25. The Bertz CT molecular complexity index is 674. The molecule has 2 N–H and O–H groups in total. The summed E-state index contributed by atoms with van der Waals surface area (Å²) in [6.45, 7) is 0. The van der Waals surface area contributed by atoms with E-state index in [0.29, 0.717) is 16.5 Å². The lowest BCUT2D eigenvalue weighted by atomic mass is 9.93. The molecule has 1 heterocycles. The fourth-order valence-electron chi connectivity index (χ4n) is 2.84. The molecule has 0 saturated heterocycles. The van der Waals surface area contributed by atoms with Gasteiger partial charge in [0.2, 0.25) is 0 Å². The van der Waals surface area contributed by atoms with Crippen LogP contribution in [-0.4, -0.2) is 22.1 Å². The Hall–Kier alpha value is -2.21. The quantitative estimate of drug-likeness (QED) is 0.692. The molecule has 1 aromatic carbocycles. The lowest BCUT2D eigenvalue weighted by Gasteiger charge is -2.29. The van der Waals surface area contributed by atoms with Crippen LogP contribution in [-0.2, 0) is 0 Å². The van der Waals surface area contributed by atoms with Gasteiger partial charge in [0.15, 0.2) is 0 Å². The van der Waals surface area contributed by atoms with Gasteiger partial charge in [-0.25, -0.2) is 0 Å². The predicted octanol–water partition coefficient (Wildman–Crippen LogP) is 2.79. The Balaban J connectivity index is 1.99. The van der Waals surface area contributed by atoms with E-state index in [0.717, 1.165) is 25.7 Å². The maximum absolute atomic E-state index is 11.1. The van der Waals surface area contributed by atoms with Gasteiger partial charge in [-0.2, -0.15) is 0 Å². The average molecular weight is 287 g/mol. The number of hydrogen-bond acceptors (Lipinski definition) is 5. The second kappa shape index (κ2) is 5.65. The van der Waals surface area contributed by atoms with Crippen molar-refractivity contribution in [3.63, 3.8) is 0 Å². The largest absolute Gasteiger partial charge is 0.488 e. The number of benzene rings is 1. The van der Waals surface area contributed by atoms with Crippen molar-refractivity contribution >= 4 is 16.5 Å². The van der Waals surface area contributed by atoms with E-state index >= 15 is 0 Å². The highest BCUT2D eigenvalue weighted by Crippen LogP contribution is 2.34. The van der Waals surface area contributed by atoms with Crippen LogP contribution in [0.5, 0.6) is 5.75 Å². The van der Waals surface area contributed by atoms with E-state index in [1.807, 2.05) is 0 Å². The van der Waals surface area contributed by atoms with Gasteiger partial charge in [-0.1, -0.05) is 6.42 Å². The Morgan fingerprint density at radius 1 is 1.24 bits per heavy atom. The molecule has 1 aliphatic carbocycles. The number of ether oxygens (including phenoxy) is 1. The van der Waals surface area contributed by atoms with Gasteiger partial charge in [0.05, 0.1) is 10.3 Å². The van der Waals surface area contributed by atoms with Crippen LogP contribution in [0, 0.1) is 10.1 Å². The van der Waals surface area contributed by atoms with Crippen LogP contribution in [0.2, 0.25) is 0 Å². The molecule has 110 valence electrons. The highest BCUT2D eigenvalue weighted by atomic mass is 16.6. The maximum Gasteiger partial charge on any atom is 0.279 e. The standard InChI is InChI=1S/C15H17N3O3/c16-12-3-1-2-4-15(12)21-14-6-5-13(18(19)20)11-9-17-8-7-10(11)14/h5-9,12,15H,1-4,16H2. The van der Waals surface area contributed by atoms with Gasteiger partial charge in [0, 0.05) is 29.9 Å². The van der Waals surface area contributed by atoms with Gasteiger partial charge >= 0.3 is 0 Å². The first-order chi connectivity index (χ1) is 10.2. The van der Waals surface area contributed by atoms with Crippen LogP contribution in [0.15, 0.2) is 30.6 Å². The molecule has 6 heteroatoms. The molecule has 0 radical (unpaired) electrons. The van der Waals surface area contributed by atoms with Crippen molar-refractivity contribution in [3.8, 4) is 5.75 Å². The molecule has 0 spiro atoms. The number of rotatable bonds is 3. The zero-order valence-corrected chi connectivity index (χ0v) is 11.6. The number of non-ortho nitro benzene ring substituents is 1. The van der Waals surface area contributed by atoms with Crippen molar-refractivity contribution in [1.82, 2.24) is 4.98 Å². The smallest absolute Gasteiger partial charge is 0.279 e. The Labute approximate surface area is 122 Å². The van der Waals surface area contributed by atoms with Gasteiger partial charge in [-0.05, 0) is 31.4 Å². The molecule has 2 aromatic rings. The number of nitro benzene ring substituents is 1. The van der Waals surface area contributed by atoms with Gasteiger partial charge in [0.1, 0.15) is 11.9 Å². The zero-order valence-electron chi connectivity index (χ0n) is 11.6. The summed E-state index contributed by atoms with van der Waals surface area (Å²) in [7, 11) is 0. The third-order valence-electron chi connectivity index (χ3n) is 3.98. The Kier molecular flexibility index (Phi) is 3.70. The van der Waals surface area contributed by atoms with E-state index in [4.69, 9.17) is 10.5 Å². The van der Waals surface area contributed by atoms with E-state index in [2.05, 4.69) is 4.98 Å². The number of hydrogen-bond donors (Lipinski definition) is 1. The monoisotopic (exact) mass is 287 g/mol. The summed E-state index contributed by atoms with van der Waals surface area (Å²) >= 11 is 0. The van der Waals surface area contributed by atoms with E-state index in [1.165, 1.54) is 12.3 Å². The van der Waals surface area contributed by atoms with Crippen LogP contribution in [0.1, 0.15) is 25.7 Å². The van der Waals surface area contributed by atoms with Crippen molar-refractivity contribution in [3.05, 3.63) is 40.7 Å². The molecular formula is C15H17N3O3. The number of nitrogens with two attached hydrogens (primary N) is 1. The lowest BCUT2D eigenvalue weighted by molar-refractivity contribution is -0.383. The number of nitrogens with zero attached hydrogens (tertiary/aromatic N) is 2. The third-order valence-corrected chi connectivity index (χ3v) is 3.98. The van der Waals surface area contributed by atoms with Crippen LogP contribution >= 0.6 is 0 Å². The number of aromatic nitrogens is 1. The second-order valence-electron chi connectivity index (χ2n) is 5.37. The van der Waals surface area contributed by atoms with Gasteiger partial charge in [0.25, 0.3) is 5.69 Å². The molecule has 2 atom stereocenters. The molecule has 1 fully saturated rings. The number of pyridine rings is 1. The van der Waals surface area contributed by atoms with E-state index < -0.39 is 4.92 Å². The van der Waals surface area contributed by atoms with Gasteiger partial charge < -0.3 is 10.5 Å². The molecule has 0 amide bonds. The Morgan fingerprint density at radius 3 is 2.81 bits per heavy atom.